The van der Waals surface area contributed by atoms with Crippen LogP contribution >= 0.6 is 11.8 Å². The van der Waals surface area contributed by atoms with Crippen LogP contribution in [-0.2, 0) is 19.6 Å². The molecule has 1 aliphatic heterocycles. The van der Waals surface area contributed by atoms with E-state index in [1.54, 1.807) is 54.6 Å². The summed E-state index contributed by atoms with van der Waals surface area (Å²) in [6.07, 6.45) is -0.268. The van der Waals surface area contributed by atoms with Crippen molar-refractivity contribution in [1.82, 2.24) is 4.31 Å². The van der Waals surface area contributed by atoms with Gasteiger partial charge in [-0.25, -0.2) is 8.42 Å². The minimum atomic E-state index is -3.91. The Morgan fingerprint density at radius 1 is 0.909 bits per heavy atom. The van der Waals surface area contributed by atoms with Crippen LogP contribution < -0.4 is 0 Å². The molecule has 2 atom stereocenters. The van der Waals surface area contributed by atoms with Crippen LogP contribution in [0, 0.1) is 0 Å². The van der Waals surface area contributed by atoms with Crippen LogP contribution in [0.25, 0.3) is 11.1 Å². The molecule has 0 amide bonds. The van der Waals surface area contributed by atoms with Gasteiger partial charge in [0.15, 0.2) is 5.78 Å². The fraction of sp³-hybridized carbons (Fsp3) is 0.200. The number of carboxylic acid groups (broad SMARTS) is 1. The number of sulfonamides is 1. The highest BCUT2D eigenvalue weighted by Crippen LogP contribution is 2.34. The molecule has 8 heteroatoms. The highest BCUT2D eigenvalue weighted by molar-refractivity contribution is 8.02. The van der Waals surface area contributed by atoms with Crippen LogP contribution in [0.1, 0.15) is 17.9 Å². The molecular weight excluding hydrogens is 458 g/mol. The molecule has 0 aliphatic carbocycles. The maximum absolute atomic E-state index is 13.3. The summed E-state index contributed by atoms with van der Waals surface area (Å²) < 4.78 is 27.9. The Balaban J connectivity index is 1.54. The van der Waals surface area contributed by atoms with Crippen LogP contribution in [0.4, 0.5) is 0 Å². The fourth-order valence-corrected chi connectivity index (χ4v) is 7.04. The lowest BCUT2D eigenvalue weighted by Crippen LogP contribution is -2.40. The first-order chi connectivity index (χ1) is 15.9. The number of nitrogens with zero attached hydrogens (tertiary/aromatic N) is 1. The molecule has 0 radical (unpaired) electrons. The van der Waals surface area contributed by atoms with Gasteiger partial charge < -0.3 is 5.11 Å². The summed E-state index contributed by atoms with van der Waals surface area (Å²) in [5.74, 6) is -2.06. The van der Waals surface area contributed by atoms with E-state index in [0.29, 0.717) is 11.3 Å². The zero-order valence-corrected chi connectivity index (χ0v) is 19.3. The molecule has 2 unspecified atom stereocenters. The lowest BCUT2D eigenvalue weighted by Gasteiger charge is -2.23. The van der Waals surface area contributed by atoms with Crippen LogP contribution in [0.3, 0.4) is 0 Å². The van der Waals surface area contributed by atoms with Crippen molar-refractivity contribution in [2.45, 2.75) is 22.6 Å². The maximum Gasteiger partial charge on any atom is 0.311 e. The van der Waals surface area contributed by atoms with E-state index < -0.39 is 33.1 Å². The summed E-state index contributed by atoms with van der Waals surface area (Å²) in [4.78, 5) is 25.0. The molecule has 0 spiro atoms. The first kappa shape index (κ1) is 23.2. The van der Waals surface area contributed by atoms with Crippen molar-refractivity contribution in [2.24, 2.45) is 0 Å². The Kier molecular flexibility index (Phi) is 6.97. The van der Waals surface area contributed by atoms with E-state index in [4.69, 9.17) is 0 Å². The second-order valence-electron chi connectivity index (χ2n) is 7.70. The molecule has 1 saturated heterocycles. The van der Waals surface area contributed by atoms with Gasteiger partial charge in [0.2, 0.25) is 10.0 Å². The SMILES string of the molecule is O=C(O)C(CC(=O)C1SCCN1S(=O)(=O)c1ccc(-c2ccccc2)cc1)c1ccccc1. The number of carboxylic acids is 1. The normalized spacial score (nSPS) is 17.5. The predicted octanol–water partition coefficient (Wildman–Crippen LogP) is 4.24. The van der Waals surface area contributed by atoms with Gasteiger partial charge in [0, 0.05) is 18.7 Å². The third-order valence-corrected chi connectivity index (χ3v) is 8.86. The van der Waals surface area contributed by atoms with Crippen molar-refractivity contribution < 1.29 is 23.1 Å². The van der Waals surface area contributed by atoms with Crippen molar-refractivity contribution in [1.29, 1.82) is 0 Å². The van der Waals surface area contributed by atoms with Gasteiger partial charge >= 0.3 is 5.97 Å². The molecule has 170 valence electrons. The third kappa shape index (κ3) is 5.03. The number of carbonyl (C=O) groups is 2. The van der Waals surface area contributed by atoms with Crippen molar-refractivity contribution in [3.63, 3.8) is 0 Å². The number of carbonyl (C=O) groups excluding carboxylic acids is 1. The third-order valence-electron chi connectivity index (χ3n) is 5.60. The average molecular weight is 482 g/mol. The van der Waals surface area contributed by atoms with Gasteiger partial charge in [-0.2, -0.15) is 4.31 Å². The molecule has 3 aromatic rings. The minimum Gasteiger partial charge on any atom is -0.481 e. The fourth-order valence-electron chi connectivity index (χ4n) is 3.87. The molecule has 3 aromatic carbocycles. The smallest absolute Gasteiger partial charge is 0.311 e. The quantitative estimate of drug-likeness (QED) is 0.517. The van der Waals surface area contributed by atoms with Gasteiger partial charge in [0.1, 0.15) is 5.37 Å². The summed E-state index contributed by atoms with van der Waals surface area (Å²) in [7, 11) is -3.91. The molecule has 33 heavy (non-hydrogen) atoms. The molecule has 1 N–H and O–H groups in total. The van der Waals surface area contributed by atoms with Crippen molar-refractivity contribution >= 4 is 33.5 Å². The molecule has 1 heterocycles. The van der Waals surface area contributed by atoms with E-state index in [1.807, 2.05) is 30.3 Å². The topological polar surface area (TPSA) is 91.8 Å². The Hall–Kier alpha value is -2.94. The van der Waals surface area contributed by atoms with E-state index in [1.165, 1.54) is 16.1 Å². The Labute approximate surface area is 197 Å². The van der Waals surface area contributed by atoms with Crippen LogP contribution in [-0.4, -0.2) is 47.3 Å². The van der Waals surface area contributed by atoms with E-state index in [2.05, 4.69) is 0 Å². The Bertz CT molecular complexity index is 1230. The largest absolute Gasteiger partial charge is 0.481 e. The predicted molar refractivity (Wildman–Crippen MR) is 128 cm³/mol. The molecule has 0 saturated carbocycles. The summed E-state index contributed by atoms with van der Waals surface area (Å²) in [5.41, 5.74) is 2.39. The Morgan fingerprint density at radius 3 is 2.09 bits per heavy atom. The molecule has 4 rings (SSSR count). The summed E-state index contributed by atoms with van der Waals surface area (Å²) >= 11 is 1.23. The first-order valence-corrected chi connectivity index (χ1v) is 13.0. The standard InChI is InChI=1S/C25H23NO5S2/c27-23(17-22(25(28)29)20-9-5-2-6-10-20)24-26(15-16-32-24)33(30,31)21-13-11-19(12-14-21)18-7-3-1-4-8-18/h1-14,22,24H,15-17H2,(H,28,29). The van der Waals surface area contributed by atoms with Gasteiger partial charge in [-0.1, -0.05) is 72.8 Å². The maximum atomic E-state index is 13.3. The monoisotopic (exact) mass is 481 g/mol. The van der Waals surface area contributed by atoms with Crippen molar-refractivity contribution in [3.05, 3.63) is 90.5 Å². The van der Waals surface area contributed by atoms with E-state index in [9.17, 15) is 23.1 Å². The number of hydrogen-bond acceptors (Lipinski definition) is 5. The molecule has 0 aromatic heterocycles. The molecule has 6 nitrogen and oxygen atoms in total. The lowest BCUT2D eigenvalue weighted by molar-refractivity contribution is -0.140. The summed E-state index contributed by atoms with van der Waals surface area (Å²) in [5, 5.41) is 8.72. The average Bonchev–Trinajstić information content (AvgIpc) is 3.35. The number of hydrogen-bond donors (Lipinski definition) is 1. The van der Waals surface area contributed by atoms with Crippen LogP contribution in [0.15, 0.2) is 89.8 Å². The molecular formula is C25H23NO5S2. The molecule has 1 fully saturated rings. The number of thioether (sulfide) groups is 1. The number of rotatable bonds is 8. The summed E-state index contributed by atoms with van der Waals surface area (Å²) in [6.45, 7) is 0.201. The van der Waals surface area contributed by atoms with Gasteiger partial charge in [0.05, 0.1) is 10.8 Å². The van der Waals surface area contributed by atoms with Gasteiger partial charge in [-0.15, -0.1) is 11.8 Å². The van der Waals surface area contributed by atoms with Gasteiger partial charge in [-0.05, 0) is 28.8 Å². The van der Waals surface area contributed by atoms with E-state index in [-0.39, 0.29) is 17.9 Å². The lowest BCUT2D eigenvalue weighted by atomic mass is 9.94. The highest BCUT2D eigenvalue weighted by Gasteiger charge is 2.41. The first-order valence-electron chi connectivity index (χ1n) is 10.5. The zero-order valence-electron chi connectivity index (χ0n) is 17.7. The van der Waals surface area contributed by atoms with Crippen molar-refractivity contribution in [3.8, 4) is 11.1 Å². The second kappa shape index (κ2) is 9.91. The van der Waals surface area contributed by atoms with Gasteiger partial charge in [-0.3, -0.25) is 9.59 Å². The Morgan fingerprint density at radius 2 is 1.48 bits per heavy atom. The van der Waals surface area contributed by atoms with Gasteiger partial charge in [0.25, 0.3) is 0 Å². The molecule has 0 bridgehead atoms. The van der Waals surface area contributed by atoms with Crippen LogP contribution in [0.2, 0.25) is 0 Å². The summed E-state index contributed by atoms with van der Waals surface area (Å²) in [6, 6.07) is 24.8. The van der Waals surface area contributed by atoms with Crippen molar-refractivity contribution in [2.75, 3.05) is 12.3 Å². The van der Waals surface area contributed by atoms with Crippen LogP contribution in [0.5, 0.6) is 0 Å². The highest BCUT2D eigenvalue weighted by atomic mass is 32.2. The minimum absolute atomic E-state index is 0.111. The number of Topliss-reactive ketones (excluding diaryl/α,β-unsaturated/α-hetero) is 1. The van der Waals surface area contributed by atoms with E-state index >= 15 is 0 Å². The number of aliphatic carboxylic acids is 1. The van der Waals surface area contributed by atoms with E-state index in [0.717, 1.165) is 11.1 Å². The second-order valence-corrected chi connectivity index (χ2v) is 10.8. The number of ketones is 1. The number of benzene rings is 3. The molecule has 1 aliphatic rings. The zero-order chi connectivity index (χ0) is 23.4.